The molecule has 0 aliphatic rings. The molecule has 0 saturated heterocycles. The third-order valence-electron chi connectivity index (χ3n) is 4.57. The minimum absolute atomic E-state index is 0. The minimum atomic E-state index is -2.23. The van der Waals surface area contributed by atoms with E-state index in [-0.39, 0.29) is 29.2 Å². The molecule has 3 aromatic rings. The van der Waals surface area contributed by atoms with E-state index in [1.165, 1.54) is 7.11 Å². The highest BCUT2D eigenvalue weighted by Gasteiger charge is 2.47. The second kappa shape index (κ2) is 10.3. The molecule has 5 heteroatoms. The van der Waals surface area contributed by atoms with Crippen LogP contribution in [0.1, 0.15) is 6.42 Å². The van der Waals surface area contributed by atoms with Gasteiger partial charge in [0.2, 0.25) is 0 Å². The highest BCUT2D eigenvalue weighted by Crippen LogP contribution is 2.55. The van der Waals surface area contributed by atoms with Crippen LogP contribution in [0, 0.1) is 0 Å². The first-order valence-corrected chi connectivity index (χ1v) is 10.8. The minimum Gasteiger partial charge on any atom is -1.00 e. The number of carbonyl (C=O) groups is 2. The topological polar surface area (TPSA) is 43.4 Å². The standard InChI is InChI=1S/C23H22O3P.BrH/c1-26-23(25)17-19(24)18-27(20-11-5-2-6-12-20,21-13-7-3-8-14-21)22-15-9-4-10-16-22;/h2-16H,17-18H2,1H3;1H/q+1;/p-1. The summed E-state index contributed by atoms with van der Waals surface area (Å²) in [5.41, 5.74) is 0. The lowest BCUT2D eigenvalue weighted by atomic mass is 10.3. The molecule has 28 heavy (non-hydrogen) atoms. The molecule has 0 fully saturated rings. The number of Topliss-reactive ketones (excluding diaryl/α,β-unsaturated/α-hetero) is 1. The van der Waals surface area contributed by atoms with E-state index in [4.69, 9.17) is 4.74 Å². The van der Waals surface area contributed by atoms with Gasteiger partial charge < -0.3 is 21.7 Å². The van der Waals surface area contributed by atoms with Crippen molar-refractivity contribution in [3.63, 3.8) is 0 Å². The van der Waals surface area contributed by atoms with Crippen LogP contribution in [0.4, 0.5) is 0 Å². The smallest absolute Gasteiger partial charge is 0.313 e. The first kappa shape index (κ1) is 22.0. The molecule has 0 aliphatic carbocycles. The summed E-state index contributed by atoms with van der Waals surface area (Å²) in [5, 5.41) is 3.38. The average molecular weight is 457 g/mol. The van der Waals surface area contributed by atoms with Crippen LogP contribution >= 0.6 is 7.26 Å². The van der Waals surface area contributed by atoms with Crippen LogP contribution in [-0.4, -0.2) is 25.0 Å². The number of hydrogen-bond donors (Lipinski definition) is 0. The van der Waals surface area contributed by atoms with Gasteiger partial charge in [-0.25, -0.2) is 0 Å². The van der Waals surface area contributed by atoms with Crippen LogP contribution in [-0.2, 0) is 14.3 Å². The number of hydrogen-bond acceptors (Lipinski definition) is 3. The SMILES string of the molecule is COC(=O)CC(=O)C[P+](c1ccccc1)(c1ccccc1)c1ccccc1.[Br-]. The maximum Gasteiger partial charge on any atom is 0.313 e. The average Bonchev–Trinajstić information content (AvgIpc) is 2.74. The van der Waals surface area contributed by atoms with E-state index < -0.39 is 13.2 Å². The summed E-state index contributed by atoms with van der Waals surface area (Å²) in [4.78, 5) is 24.6. The second-order valence-electron chi connectivity index (χ2n) is 6.27. The van der Waals surface area contributed by atoms with Crippen molar-refractivity contribution in [3.8, 4) is 0 Å². The number of rotatable bonds is 7. The zero-order chi connectivity index (χ0) is 19.1. The molecule has 0 amide bonds. The van der Waals surface area contributed by atoms with Crippen molar-refractivity contribution >= 4 is 34.9 Å². The number of carbonyl (C=O) groups excluding carboxylic acids is 2. The van der Waals surface area contributed by atoms with Crippen LogP contribution in [0.25, 0.3) is 0 Å². The van der Waals surface area contributed by atoms with Crippen molar-refractivity contribution in [2.24, 2.45) is 0 Å². The predicted molar refractivity (Wildman–Crippen MR) is 112 cm³/mol. The van der Waals surface area contributed by atoms with Gasteiger partial charge in [0.15, 0.2) is 5.78 Å². The van der Waals surface area contributed by atoms with Gasteiger partial charge in [0.25, 0.3) is 0 Å². The van der Waals surface area contributed by atoms with Crippen molar-refractivity contribution in [1.29, 1.82) is 0 Å². The Morgan fingerprint density at radius 2 is 1.07 bits per heavy atom. The number of esters is 1. The number of halogens is 1. The first-order chi connectivity index (χ1) is 13.2. The first-order valence-electron chi connectivity index (χ1n) is 8.80. The van der Waals surface area contributed by atoms with E-state index >= 15 is 0 Å². The Morgan fingerprint density at radius 1 is 0.714 bits per heavy atom. The second-order valence-corrected chi connectivity index (χ2v) is 9.75. The Labute approximate surface area is 176 Å². The molecule has 0 heterocycles. The van der Waals surface area contributed by atoms with Crippen LogP contribution in [0.15, 0.2) is 91.0 Å². The molecule has 3 nitrogen and oxygen atoms in total. The highest BCUT2D eigenvalue weighted by atomic mass is 79.9. The molecule has 0 bridgehead atoms. The van der Waals surface area contributed by atoms with Gasteiger partial charge in [0, 0.05) is 0 Å². The van der Waals surface area contributed by atoms with Gasteiger partial charge in [-0.2, -0.15) is 0 Å². The summed E-state index contributed by atoms with van der Waals surface area (Å²) in [6.45, 7) is 0. The Morgan fingerprint density at radius 3 is 1.39 bits per heavy atom. The summed E-state index contributed by atoms with van der Waals surface area (Å²) in [7, 11) is -0.924. The maximum absolute atomic E-state index is 12.9. The van der Waals surface area contributed by atoms with Gasteiger partial charge in [-0.3, -0.25) is 9.59 Å². The number of ether oxygens (including phenoxy) is 1. The van der Waals surface area contributed by atoms with E-state index in [0.717, 1.165) is 15.9 Å². The van der Waals surface area contributed by atoms with Crippen LogP contribution < -0.4 is 32.9 Å². The normalized spacial score (nSPS) is 10.6. The van der Waals surface area contributed by atoms with Crippen LogP contribution in [0.3, 0.4) is 0 Å². The van der Waals surface area contributed by atoms with E-state index in [1.54, 1.807) is 0 Å². The fraction of sp³-hybridized carbons (Fsp3) is 0.130. The molecule has 0 radical (unpaired) electrons. The quantitative estimate of drug-likeness (QED) is 0.288. The van der Waals surface area contributed by atoms with E-state index in [0.29, 0.717) is 6.16 Å². The number of methoxy groups -OCH3 is 1. The largest absolute Gasteiger partial charge is 1.00 e. The Balaban J connectivity index is 0.00000280. The van der Waals surface area contributed by atoms with E-state index in [9.17, 15) is 9.59 Å². The van der Waals surface area contributed by atoms with Crippen molar-refractivity contribution in [3.05, 3.63) is 91.0 Å². The van der Waals surface area contributed by atoms with Gasteiger partial charge in [0.05, 0.1) is 7.11 Å². The fourth-order valence-corrected chi connectivity index (χ4v) is 7.45. The fourth-order valence-electron chi connectivity index (χ4n) is 3.32. The molecule has 0 aromatic heterocycles. The van der Waals surface area contributed by atoms with Crippen LogP contribution in [0.2, 0.25) is 0 Å². The molecule has 0 spiro atoms. The molecule has 0 atom stereocenters. The number of benzene rings is 3. The third-order valence-corrected chi connectivity index (χ3v) is 8.94. The molecule has 0 N–H and O–H groups in total. The van der Waals surface area contributed by atoms with E-state index in [2.05, 4.69) is 36.4 Å². The zero-order valence-corrected chi connectivity index (χ0v) is 18.1. The lowest BCUT2D eigenvalue weighted by Gasteiger charge is -2.27. The van der Waals surface area contributed by atoms with Crippen molar-refractivity contribution in [2.75, 3.05) is 13.3 Å². The molecule has 3 aromatic carbocycles. The summed E-state index contributed by atoms with van der Waals surface area (Å²) in [6.07, 6.45) is 0.0882. The Bertz CT molecular complexity index is 802. The Kier molecular flexibility index (Phi) is 8.10. The van der Waals surface area contributed by atoms with Gasteiger partial charge in [0.1, 0.15) is 35.8 Å². The summed E-state index contributed by atoms with van der Waals surface area (Å²) in [5.74, 6) is -0.598. The van der Waals surface area contributed by atoms with Gasteiger partial charge in [-0.1, -0.05) is 54.6 Å². The lowest BCUT2D eigenvalue weighted by molar-refractivity contribution is -0.142. The monoisotopic (exact) mass is 456 g/mol. The van der Waals surface area contributed by atoms with Crippen molar-refractivity contribution in [1.82, 2.24) is 0 Å². The third kappa shape index (κ3) is 4.76. The molecular weight excluding hydrogens is 435 g/mol. The molecular formula is C23H22BrO3P. The maximum atomic E-state index is 12.9. The van der Waals surface area contributed by atoms with Gasteiger partial charge in [-0.05, 0) is 36.4 Å². The molecule has 0 saturated carbocycles. The molecule has 144 valence electrons. The van der Waals surface area contributed by atoms with Gasteiger partial charge >= 0.3 is 5.97 Å². The van der Waals surface area contributed by atoms with Gasteiger partial charge in [-0.15, -0.1) is 0 Å². The predicted octanol–water partition coefficient (Wildman–Crippen LogP) is 0.117. The molecule has 0 aliphatic heterocycles. The summed E-state index contributed by atoms with van der Waals surface area (Å²) < 4.78 is 4.71. The zero-order valence-electron chi connectivity index (χ0n) is 15.6. The molecule has 3 rings (SSSR count). The number of ketones is 1. The summed E-state index contributed by atoms with van der Waals surface area (Å²) >= 11 is 0. The lowest BCUT2D eigenvalue weighted by Crippen LogP contribution is -3.00. The molecule has 0 unspecified atom stereocenters. The van der Waals surface area contributed by atoms with Crippen molar-refractivity contribution < 1.29 is 31.3 Å². The van der Waals surface area contributed by atoms with Crippen LogP contribution in [0.5, 0.6) is 0 Å². The van der Waals surface area contributed by atoms with E-state index in [1.807, 2.05) is 54.6 Å². The Hall–Kier alpha value is -2.29. The van der Waals surface area contributed by atoms with Crippen molar-refractivity contribution in [2.45, 2.75) is 6.42 Å². The highest BCUT2D eigenvalue weighted by molar-refractivity contribution is 7.96. The summed E-state index contributed by atoms with van der Waals surface area (Å²) in [6, 6.07) is 30.4.